The van der Waals surface area contributed by atoms with Gasteiger partial charge in [0.25, 0.3) is 0 Å². The molecule has 2 fully saturated rings. The number of carbonyl (C=O) groups is 2. The van der Waals surface area contributed by atoms with E-state index in [1.165, 1.54) is 4.88 Å². The van der Waals surface area contributed by atoms with Gasteiger partial charge in [0, 0.05) is 43.0 Å². The van der Waals surface area contributed by atoms with Crippen molar-refractivity contribution in [3.63, 3.8) is 0 Å². The number of amides is 2. The highest BCUT2D eigenvalue weighted by Gasteiger charge is 2.39. The number of rotatable bonds is 7. The number of nitrogens with one attached hydrogen (secondary N) is 1. The second-order valence-corrected chi connectivity index (χ2v) is 8.49. The van der Waals surface area contributed by atoms with E-state index in [1.54, 1.807) is 11.3 Å². The Bertz CT molecular complexity index is 594. The van der Waals surface area contributed by atoms with E-state index in [9.17, 15) is 9.59 Å². The molecule has 1 N–H and O–H groups in total. The molecule has 1 aliphatic carbocycles. The molecule has 2 amide bonds. The van der Waals surface area contributed by atoms with Crippen LogP contribution in [-0.4, -0.2) is 53.3 Å². The predicted molar refractivity (Wildman–Crippen MR) is 105 cm³/mol. The van der Waals surface area contributed by atoms with Crippen LogP contribution in [0.2, 0.25) is 0 Å². The second-order valence-electron chi connectivity index (χ2n) is 7.46. The van der Waals surface area contributed by atoms with Crippen LogP contribution in [0.5, 0.6) is 0 Å². The first-order valence-electron chi connectivity index (χ1n) is 9.98. The summed E-state index contributed by atoms with van der Waals surface area (Å²) in [6.07, 6.45) is 5.07. The van der Waals surface area contributed by atoms with Crippen LogP contribution < -0.4 is 5.32 Å². The lowest BCUT2D eigenvalue weighted by Crippen LogP contribution is -2.45. The van der Waals surface area contributed by atoms with E-state index in [0.717, 1.165) is 58.3 Å². The van der Waals surface area contributed by atoms with Crippen molar-refractivity contribution >= 4 is 23.2 Å². The SMILES string of the molecule is CCN(CC)C(=O)[C@@H]1C[C@H](NC(=O)C2CCCC2)CN1Cc1cccs1. The molecular formula is C20H31N3O2S. The van der Waals surface area contributed by atoms with E-state index in [0.29, 0.717) is 0 Å². The summed E-state index contributed by atoms with van der Waals surface area (Å²) in [5.41, 5.74) is 0. The van der Waals surface area contributed by atoms with Gasteiger partial charge in [0.1, 0.15) is 0 Å². The van der Waals surface area contributed by atoms with E-state index in [1.807, 2.05) is 18.7 Å². The first-order valence-corrected chi connectivity index (χ1v) is 10.9. The van der Waals surface area contributed by atoms with Crippen molar-refractivity contribution in [3.05, 3.63) is 22.4 Å². The molecule has 1 aliphatic heterocycles. The van der Waals surface area contributed by atoms with Crippen molar-refractivity contribution in [1.82, 2.24) is 15.1 Å². The van der Waals surface area contributed by atoms with E-state index in [2.05, 4.69) is 27.7 Å². The van der Waals surface area contributed by atoms with Crippen LogP contribution >= 0.6 is 11.3 Å². The lowest BCUT2D eigenvalue weighted by Gasteiger charge is -2.28. The standard InChI is InChI=1S/C20H31N3O2S/c1-3-22(4-2)20(25)18-12-16(21-19(24)15-8-5-6-9-15)13-23(18)14-17-10-7-11-26-17/h7,10-11,15-16,18H,3-6,8-9,12-14H2,1-2H3,(H,21,24)/t16-,18-/m0/s1. The van der Waals surface area contributed by atoms with Crippen molar-refractivity contribution in [2.24, 2.45) is 5.92 Å². The highest BCUT2D eigenvalue weighted by molar-refractivity contribution is 7.09. The molecule has 1 saturated heterocycles. The van der Waals surface area contributed by atoms with Gasteiger partial charge in [0.05, 0.1) is 6.04 Å². The van der Waals surface area contributed by atoms with E-state index in [-0.39, 0.29) is 29.8 Å². The van der Waals surface area contributed by atoms with Crippen molar-refractivity contribution in [2.75, 3.05) is 19.6 Å². The molecular weight excluding hydrogens is 346 g/mol. The number of likely N-dealkylation sites (tertiary alicyclic amines) is 1. The van der Waals surface area contributed by atoms with Crippen molar-refractivity contribution in [3.8, 4) is 0 Å². The zero-order valence-electron chi connectivity index (χ0n) is 15.9. The summed E-state index contributed by atoms with van der Waals surface area (Å²) in [7, 11) is 0. The Morgan fingerprint density at radius 3 is 2.62 bits per heavy atom. The first-order chi connectivity index (χ1) is 12.6. The molecule has 0 radical (unpaired) electrons. The van der Waals surface area contributed by atoms with Gasteiger partial charge in [-0.05, 0) is 44.6 Å². The molecule has 6 heteroatoms. The van der Waals surface area contributed by atoms with Gasteiger partial charge in [-0.3, -0.25) is 14.5 Å². The zero-order chi connectivity index (χ0) is 18.5. The molecule has 1 aromatic rings. The second kappa shape index (κ2) is 9.00. The van der Waals surface area contributed by atoms with E-state index >= 15 is 0 Å². The molecule has 0 aromatic carbocycles. The normalized spacial score (nSPS) is 24.1. The summed E-state index contributed by atoms with van der Waals surface area (Å²) >= 11 is 1.73. The highest BCUT2D eigenvalue weighted by Crippen LogP contribution is 2.27. The number of hydrogen-bond donors (Lipinski definition) is 1. The molecule has 0 spiro atoms. The van der Waals surface area contributed by atoms with Gasteiger partial charge in [0.15, 0.2) is 0 Å². The Morgan fingerprint density at radius 2 is 2.00 bits per heavy atom. The molecule has 26 heavy (non-hydrogen) atoms. The number of nitrogens with zero attached hydrogens (tertiary/aromatic N) is 2. The Hall–Kier alpha value is -1.40. The topological polar surface area (TPSA) is 52.7 Å². The lowest BCUT2D eigenvalue weighted by atomic mass is 10.1. The summed E-state index contributed by atoms with van der Waals surface area (Å²) in [5, 5.41) is 5.32. The average Bonchev–Trinajstić information content (AvgIpc) is 3.38. The molecule has 144 valence electrons. The lowest BCUT2D eigenvalue weighted by molar-refractivity contribution is -0.135. The summed E-state index contributed by atoms with van der Waals surface area (Å²) in [5.74, 6) is 0.571. The molecule has 5 nitrogen and oxygen atoms in total. The number of thiophene rings is 1. The largest absolute Gasteiger partial charge is 0.352 e. The zero-order valence-corrected chi connectivity index (χ0v) is 16.8. The Labute approximate surface area is 160 Å². The molecule has 0 unspecified atom stereocenters. The van der Waals surface area contributed by atoms with Gasteiger partial charge in [-0.2, -0.15) is 0 Å². The van der Waals surface area contributed by atoms with Crippen LogP contribution in [0.25, 0.3) is 0 Å². The van der Waals surface area contributed by atoms with E-state index < -0.39 is 0 Å². The minimum absolute atomic E-state index is 0.0765. The average molecular weight is 378 g/mol. The van der Waals surface area contributed by atoms with Crippen molar-refractivity contribution in [1.29, 1.82) is 0 Å². The van der Waals surface area contributed by atoms with Crippen LogP contribution in [0, 0.1) is 5.92 Å². The number of likely N-dealkylation sites (N-methyl/N-ethyl adjacent to an activating group) is 1. The minimum Gasteiger partial charge on any atom is -0.352 e. The number of carbonyl (C=O) groups excluding carboxylic acids is 2. The van der Waals surface area contributed by atoms with Gasteiger partial charge in [-0.25, -0.2) is 0 Å². The smallest absolute Gasteiger partial charge is 0.240 e. The van der Waals surface area contributed by atoms with Crippen LogP contribution in [0.3, 0.4) is 0 Å². The fraction of sp³-hybridized carbons (Fsp3) is 0.700. The van der Waals surface area contributed by atoms with Gasteiger partial charge in [-0.15, -0.1) is 11.3 Å². The fourth-order valence-corrected chi connectivity index (χ4v) is 5.02. The summed E-state index contributed by atoms with van der Waals surface area (Å²) in [6, 6.07) is 4.11. The third-order valence-corrected chi connectivity index (χ3v) is 6.64. The highest BCUT2D eigenvalue weighted by atomic mass is 32.1. The maximum absolute atomic E-state index is 13.0. The Morgan fingerprint density at radius 1 is 1.27 bits per heavy atom. The Balaban J connectivity index is 1.67. The summed E-state index contributed by atoms with van der Waals surface area (Å²) < 4.78 is 0. The van der Waals surface area contributed by atoms with Crippen LogP contribution in [-0.2, 0) is 16.1 Å². The van der Waals surface area contributed by atoms with Gasteiger partial charge >= 0.3 is 0 Å². The van der Waals surface area contributed by atoms with Gasteiger partial charge in [-0.1, -0.05) is 18.9 Å². The minimum atomic E-state index is -0.133. The van der Waals surface area contributed by atoms with Crippen LogP contribution in [0.1, 0.15) is 50.8 Å². The molecule has 2 aliphatic rings. The van der Waals surface area contributed by atoms with Gasteiger partial charge < -0.3 is 10.2 Å². The molecule has 2 atom stereocenters. The van der Waals surface area contributed by atoms with Crippen molar-refractivity contribution in [2.45, 2.75) is 64.6 Å². The molecule has 3 rings (SSSR count). The maximum atomic E-state index is 13.0. The number of hydrogen-bond acceptors (Lipinski definition) is 4. The molecule has 1 saturated carbocycles. The molecule has 0 bridgehead atoms. The predicted octanol–water partition coefficient (Wildman–Crippen LogP) is 2.87. The third-order valence-electron chi connectivity index (χ3n) is 5.77. The molecule has 1 aromatic heterocycles. The summed E-state index contributed by atoms with van der Waals surface area (Å²) in [6.45, 7) is 7.06. The Kier molecular flexibility index (Phi) is 6.70. The third kappa shape index (κ3) is 4.46. The van der Waals surface area contributed by atoms with Crippen LogP contribution in [0.4, 0.5) is 0 Å². The fourth-order valence-electron chi connectivity index (χ4n) is 4.30. The van der Waals surface area contributed by atoms with Crippen LogP contribution in [0.15, 0.2) is 17.5 Å². The monoisotopic (exact) mass is 377 g/mol. The quantitative estimate of drug-likeness (QED) is 0.795. The van der Waals surface area contributed by atoms with E-state index in [4.69, 9.17) is 0 Å². The van der Waals surface area contributed by atoms with Gasteiger partial charge in [0.2, 0.25) is 11.8 Å². The maximum Gasteiger partial charge on any atom is 0.240 e. The summed E-state index contributed by atoms with van der Waals surface area (Å²) in [4.78, 5) is 31.0. The molecule has 2 heterocycles. The van der Waals surface area contributed by atoms with Crippen molar-refractivity contribution < 1.29 is 9.59 Å². The first kappa shape index (κ1) is 19.4.